The van der Waals surface area contributed by atoms with Crippen LogP contribution in [0.2, 0.25) is 0 Å². The lowest BCUT2D eigenvalue weighted by Crippen LogP contribution is -2.49. The summed E-state index contributed by atoms with van der Waals surface area (Å²) in [5.74, 6) is -3.09. The Balaban J connectivity index is 1.79. The van der Waals surface area contributed by atoms with Crippen molar-refractivity contribution in [3.8, 4) is 0 Å². The molecule has 1 amide bonds. The Bertz CT molecular complexity index is 1060. The van der Waals surface area contributed by atoms with Gasteiger partial charge in [-0.2, -0.15) is 0 Å². The van der Waals surface area contributed by atoms with Crippen molar-refractivity contribution in [2.45, 2.75) is 77.5 Å². The molecule has 194 valence electrons. The summed E-state index contributed by atoms with van der Waals surface area (Å²) in [7, 11) is 0. The number of hydrogen-bond acceptors (Lipinski definition) is 3. The van der Waals surface area contributed by atoms with Gasteiger partial charge in [0.15, 0.2) is 0 Å². The molecular weight excluding hydrogens is 462 g/mol. The minimum absolute atomic E-state index is 0.105. The highest BCUT2D eigenvalue weighted by molar-refractivity contribution is 5.87. The largest absolute Gasteiger partial charge is 0.480 e. The van der Waals surface area contributed by atoms with Crippen molar-refractivity contribution in [3.05, 3.63) is 71.3 Å². The molecule has 2 aromatic rings. The Morgan fingerprint density at radius 1 is 1.00 bits per heavy atom. The summed E-state index contributed by atoms with van der Waals surface area (Å²) in [5.41, 5.74) is 0.807. The Kier molecular flexibility index (Phi) is 7.79. The van der Waals surface area contributed by atoms with Gasteiger partial charge in [0.25, 0.3) is 0 Å². The van der Waals surface area contributed by atoms with E-state index in [1.807, 2.05) is 51.1 Å². The summed E-state index contributed by atoms with van der Waals surface area (Å²) >= 11 is 0. The average Bonchev–Trinajstić information content (AvgIpc) is 3.19. The summed E-state index contributed by atoms with van der Waals surface area (Å²) in [6, 6.07) is 10.9. The molecule has 1 saturated heterocycles. The van der Waals surface area contributed by atoms with Crippen molar-refractivity contribution in [1.29, 1.82) is 0 Å². The number of rotatable bonds is 6. The minimum atomic E-state index is -1.03. The van der Waals surface area contributed by atoms with Crippen molar-refractivity contribution < 1.29 is 23.5 Å². The normalized spacial score (nSPS) is 25.2. The quantitative estimate of drug-likeness (QED) is 0.536. The molecule has 1 saturated carbocycles. The van der Waals surface area contributed by atoms with Crippen molar-refractivity contribution in [2.24, 2.45) is 17.3 Å². The third-order valence-corrected chi connectivity index (χ3v) is 7.73. The smallest absolute Gasteiger partial charge is 0.326 e. The van der Waals surface area contributed by atoms with E-state index in [0.29, 0.717) is 5.56 Å². The molecule has 1 aliphatic carbocycles. The van der Waals surface area contributed by atoms with Crippen molar-refractivity contribution >= 4 is 11.9 Å². The fourth-order valence-electron chi connectivity index (χ4n) is 6.24. The second kappa shape index (κ2) is 10.7. The summed E-state index contributed by atoms with van der Waals surface area (Å²) in [6.07, 6.45) is 4.56. The molecule has 2 fully saturated rings. The van der Waals surface area contributed by atoms with Crippen LogP contribution in [0.25, 0.3) is 0 Å². The molecule has 0 radical (unpaired) electrons. The van der Waals surface area contributed by atoms with Crippen LogP contribution in [-0.2, 0) is 16.1 Å². The molecule has 1 heterocycles. The lowest BCUT2D eigenvalue weighted by atomic mass is 9.72. The number of benzene rings is 2. The van der Waals surface area contributed by atoms with Gasteiger partial charge in [-0.1, -0.05) is 70.4 Å². The number of nitrogens with zero attached hydrogens (tertiary/aromatic N) is 1. The van der Waals surface area contributed by atoms with Gasteiger partial charge in [-0.25, -0.2) is 13.6 Å². The topological polar surface area (TPSA) is 69.6 Å². The van der Waals surface area contributed by atoms with Crippen LogP contribution in [0.5, 0.6) is 0 Å². The van der Waals surface area contributed by atoms with E-state index in [1.165, 1.54) is 12.1 Å². The molecule has 0 bridgehead atoms. The zero-order valence-electron chi connectivity index (χ0n) is 21.2. The Hall–Kier alpha value is -2.80. The number of halogens is 2. The van der Waals surface area contributed by atoms with E-state index >= 15 is 0 Å². The maximum Gasteiger partial charge on any atom is 0.326 e. The first-order valence-corrected chi connectivity index (χ1v) is 12.9. The third-order valence-electron chi connectivity index (χ3n) is 7.73. The second-order valence-electron chi connectivity index (χ2n) is 11.3. The molecule has 1 aliphatic heterocycles. The van der Waals surface area contributed by atoms with Gasteiger partial charge in [0.1, 0.15) is 17.7 Å². The lowest BCUT2D eigenvalue weighted by molar-refractivity contribution is -0.154. The number of likely N-dealkylation sites (tertiary alicyclic amines) is 1. The van der Waals surface area contributed by atoms with Gasteiger partial charge >= 0.3 is 5.97 Å². The van der Waals surface area contributed by atoms with Crippen molar-refractivity contribution in [3.63, 3.8) is 0 Å². The van der Waals surface area contributed by atoms with Gasteiger partial charge in [0.05, 0.1) is 6.04 Å². The molecule has 7 heteroatoms. The van der Waals surface area contributed by atoms with Crippen LogP contribution in [0.3, 0.4) is 0 Å². The number of amides is 1. The summed E-state index contributed by atoms with van der Waals surface area (Å²) in [5, 5.41) is 13.9. The Morgan fingerprint density at radius 3 is 2.17 bits per heavy atom. The predicted molar refractivity (Wildman–Crippen MR) is 134 cm³/mol. The Labute approximate surface area is 211 Å². The zero-order valence-corrected chi connectivity index (χ0v) is 21.2. The van der Waals surface area contributed by atoms with Gasteiger partial charge in [-0.3, -0.25) is 4.79 Å². The molecule has 4 atom stereocenters. The highest BCUT2D eigenvalue weighted by Crippen LogP contribution is 2.49. The molecule has 5 nitrogen and oxygen atoms in total. The van der Waals surface area contributed by atoms with Crippen molar-refractivity contribution in [2.75, 3.05) is 0 Å². The summed E-state index contributed by atoms with van der Waals surface area (Å²) in [6.45, 7) is 6.11. The van der Waals surface area contributed by atoms with E-state index in [0.717, 1.165) is 43.7 Å². The molecule has 36 heavy (non-hydrogen) atoms. The summed E-state index contributed by atoms with van der Waals surface area (Å²) in [4.78, 5) is 28.5. The fourth-order valence-corrected chi connectivity index (χ4v) is 6.24. The van der Waals surface area contributed by atoms with Crippen LogP contribution in [0.1, 0.15) is 70.0 Å². The van der Waals surface area contributed by atoms with E-state index in [4.69, 9.17) is 0 Å². The Morgan fingerprint density at radius 2 is 1.61 bits per heavy atom. The van der Waals surface area contributed by atoms with E-state index in [9.17, 15) is 23.5 Å². The van der Waals surface area contributed by atoms with Crippen LogP contribution >= 0.6 is 0 Å². The van der Waals surface area contributed by atoms with Gasteiger partial charge < -0.3 is 15.3 Å². The van der Waals surface area contributed by atoms with Crippen LogP contribution in [0.4, 0.5) is 8.78 Å². The van der Waals surface area contributed by atoms with E-state index < -0.39 is 47.1 Å². The predicted octanol–water partition coefficient (Wildman–Crippen LogP) is 5.70. The monoisotopic (exact) mass is 498 g/mol. The number of carbonyl (C=O) groups excluding carboxylic acids is 1. The molecule has 0 aromatic heterocycles. The molecule has 2 aliphatic rings. The highest BCUT2D eigenvalue weighted by Gasteiger charge is 2.58. The van der Waals surface area contributed by atoms with Crippen LogP contribution in [0, 0.1) is 28.9 Å². The second-order valence-corrected chi connectivity index (χ2v) is 11.3. The van der Waals surface area contributed by atoms with Gasteiger partial charge in [0.2, 0.25) is 5.91 Å². The fraction of sp³-hybridized carbons (Fsp3) is 0.517. The molecule has 0 unspecified atom stereocenters. The maximum atomic E-state index is 14.0. The van der Waals surface area contributed by atoms with Crippen LogP contribution < -0.4 is 5.32 Å². The first-order chi connectivity index (χ1) is 17.1. The molecule has 2 N–H and O–H groups in total. The highest BCUT2D eigenvalue weighted by atomic mass is 19.1. The number of carbonyl (C=O) groups is 2. The summed E-state index contributed by atoms with van der Waals surface area (Å²) < 4.78 is 27.8. The number of aliphatic carboxylic acids is 1. The maximum absolute atomic E-state index is 14.0. The zero-order chi connectivity index (χ0) is 26.0. The SMILES string of the molecule is CC(C)(C)[C@H]1[C@H](NCc2cc(F)cc(F)c2)[C@H](c2ccccc2)N(C(=O)C2CCCCC2)[C@@H]1C(=O)O. The minimum Gasteiger partial charge on any atom is -0.480 e. The lowest BCUT2D eigenvalue weighted by Gasteiger charge is -2.36. The third kappa shape index (κ3) is 5.46. The van der Waals surface area contributed by atoms with E-state index in [-0.39, 0.29) is 18.4 Å². The van der Waals surface area contributed by atoms with Crippen LogP contribution in [0.15, 0.2) is 48.5 Å². The average molecular weight is 499 g/mol. The number of carboxylic acid groups (broad SMARTS) is 1. The van der Waals surface area contributed by atoms with E-state index in [1.54, 1.807) is 4.90 Å². The first kappa shape index (κ1) is 26.3. The van der Waals surface area contributed by atoms with E-state index in [2.05, 4.69) is 5.32 Å². The molecule has 2 aromatic carbocycles. The van der Waals surface area contributed by atoms with Gasteiger partial charge in [-0.15, -0.1) is 0 Å². The van der Waals surface area contributed by atoms with Gasteiger partial charge in [-0.05, 0) is 41.5 Å². The molecule has 4 rings (SSSR count). The number of carboxylic acids is 1. The molecular formula is C29H36F2N2O3. The first-order valence-electron chi connectivity index (χ1n) is 12.9. The van der Waals surface area contributed by atoms with Gasteiger partial charge in [0, 0.05) is 30.5 Å². The standard InChI is InChI=1S/C29H36F2N2O3/c1-29(2,3)23-24(32-17-18-14-21(30)16-22(31)15-18)25(19-10-6-4-7-11-19)33(26(23)28(35)36)27(34)20-12-8-5-9-13-20/h4,6-7,10-11,14-16,20,23-26,32H,5,8-9,12-13,17H2,1-3H3,(H,35,36)/t23-,24-,25-,26-/m0/s1. The van der Waals surface area contributed by atoms with Crippen LogP contribution in [-0.4, -0.2) is 34.0 Å². The molecule has 0 spiro atoms. The number of nitrogens with one attached hydrogen (secondary N) is 1. The van der Waals surface area contributed by atoms with Crippen molar-refractivity contribution in [1.82, 2.24) is 10.2 Å². The number of hydrogen-bond donors (Lipinski definition) is 2.